The largest absolute Gasteiger partial charge is 0.743 e. The topological polar surface area (TPSA) is 145 Å². The van der Waals surface area contributed by atoms with Crippen molar-refractivity contribution in [3.05, 3.63) is 186 Å². The van der Waals surface area contributed by atoms with E-state index >= 15 is 0 Å². The molecule has 14 nitrogen and oxygen atoms in total. The molecule has 0 aliphatic carbocycles. The highest BCUT2D eigenvalue weighted by Gasteiger charge is 2.45. The van der Waals surface area contributed by atoms with Crippen molar-refractivity contribution >= 4 is 104 Å². The fourth-order valence-corrected chi connectivity index (χ4v) is 15.9. The molecule has 0 saturated heterocycles. The van der Waals surface area contributed by atoms with Gasteiger partial charge in [-0.2, -0.15) is 5.26 Å². The molecule has 6 heterocycles. The molecule has 550 valence electrons. The molecule has 0 fully saturated rings. The first kappa shape index (κ1) is 77.5. The number of rotatable bonds is 44. The van der Waals surface area contributed by atoms with Crippen molar-refractivity contribution in [1.29, 1.82) is 5.26 Å². The first-order chi connectivity index (χ1) is 52.3. The van der Waals surface area contributed by atoms with E-state index in [1.807, 2.05) is 142 Å². The maximum atomic E-state index is 12.2. The normalized spacial score (nSPS) is 12.9. The number of ether oxygens (including phenoxy) is 2. The van der Waals surface area contributed by atoms with Gasteiger partial charge in [-0.25, -0.2) is 9.83 Å². The molecule has 4 aromatic heterocycles. The van der Waals surface area contributed by atoms with Gasteiger partial charge in [0.2, 0.25) is 5.70 Å². The highest BCUT2D eigenvalue weighted by molar-refractivity contribution is 14.1. The predicted octanol–water partition coefficient (Wildman–Crippen LogP) is 23.3. The van der Waals surface area contributed by atoms with Crippen LogP contribution in [0.4, 0.5) is 0 Å². The Morgan fingerprint density at radius 1 is 0.425 bits per heavy atom. The minimum atomic E-state index is -1.20. The summed E-state index contributed by atoms with van der Waals surface area (Å²) < 4.78 is 46.9. The molecule has 18 heteroatoms. The molecule has 0 N–H and O–H groups in total. The van der Waals surface area contributed by atoms with Crippen LogP contribution in [0.25, 0.3) is 71.5 Å². The molecule has 0 unspecified atom stereocenters. The minimum Gasteiger partial charge on any atom is -0.503 e. The van der Waals surface area contributed by atoms with Crippen LogP contribution in [0.1, 0.15) is 244 Å². The van der Waals surface area contributed by atoms with Gasteiger partial charge in [-0.05, 0) is 178 Å². The summed E-state index contributed by atoms with van der Waals surface area (Å²) in [6, 6.07) is 45.7. The number of hydrogen-bond acceptors (Lipinski definition) is 11. The molecule has 10 aromatic rings. The average Bonchev–Trinajstić information content (AvgIpc) is 1.52. The maximum absolute atomic E-state index is 12.2. The number of benzene rings is 6. The number of fused-ring (bicyclic) bond motifs is 5. The summed E-state index contributed by atoms with van der Waals surface area (Å²) >= 11 is 4.56. The van der Waals surface area contributed by atoms with E-state index in [1.54, 1.807) is 12.4 Å². The summed E-state index contributed by atoms with van der Waals surface area (Å²) in [6.07, 6.45) is 47.8. The van der Waals surface area contributed by atoms with Gasteiger partial charge in [-0.15, -0.1) is 0 Å². The number of nitriles is 1. The fourth-order valence-electron chi connectivity index (χ4n) is 15.0. The van der Waals surface area contributed by atoms with E-state index < -0.39 is 14.5 Å². The van der Waals surface area contributed by atoms with Crippen LogP contribution in [0.2, 0.25) is 0 Å². The zero-order valence-corrected chi connectivity index (χ0v) is 66.6. The Bertz CT molecular complexity index is 4380. The minimum absolute atomic E-state index is 0.149. The lowest BCUT2D eigenvalue weighted by molar-refractivity contribution is 0.304. The van der Waals surface area contributed by atoms with Gasteiger partial charge >= 0.3 is 14.5 Å². The highest BCUT2D eigenvalue weighted by Crippen LogP contribution is 2.42. The van der Waals surface area contributed by atoms with Crippen molar-refractivity contribution in [3.63, 3.8) is 0 Å². The van der Waals surface area contributed by atoms with Crippen LogP contribution in [0.15, 0.2) is 146 Å². The lowest BCUT2D eigenvalue weighted by atomic mass is 10.0. The lowest BCUT2D eigenvalue weighted by Crippen LogP contribution is -2.44. The number of aromatic nitrogens is 6. The summed E-state index contributed by atoms with van der Waals surface area (Å²) in [5.74, 6) is 3.51. The van der Waals surface area contributed by atoms with Gasteiger partial charge in [0.1, 0.15) is 51.8 Å². The molecule has 12 rings (SSSR count). The van der Waals surface area contributed by atoms with Crippen LogP contribution in [0.5, 0.6) is 34.5 Å². The van der Waals surface area contributed by atoms with Crippen molar-refractivity contribution in [2.45, 2.75) is 232 Å². The Morgan fingerprint density at radius 3 is 1.11 bits per heavy atom. The molecule has 6 aromatic carbocycles. The van der Waals surface area contributed by atoms with Crippen molar-refractivity contribution in [2.75, 3.05) is 13.2 Å². The first-order valence-electron chi connectivity index (χ1n) is 39.8. The van der Waals surface area contributed by atoms with Gasteiger partial charge in [-0.3, -0.25) is 15.0 Å². The monoisotopic (exact) mass is 1640 g/mol. The van der Waals surface area contributed by atoms with Crippen molar-refractivity contribution < 1.29 is 28.1 Å². The second-order valence-electron chi connectivity index (χ2n) is 28.6. The van der Waals surface area contributed by atoms with E-state index in [-0.39, 0.29) is 11.3 Å². The molecule has 2 aliphatic rings. The molecule has 0 saturated carbocycles. The van der Waals surface area contributed by atoms with Crippen LogP contribution in [0.3, 0.4) is 0 Å². The summed E-state index contributed by atoms with van der Waals surface area (Å²) in [4.78, 5) is 24.9. The number of unbranched alkanes of at least 4 members (excludes halogenated alkanes) is 32. The van der Waals surface area contributed by atoms with Gasteiger partial charge in [0, 0.05) is 24.1 Å². The molecule has 0 atom stereocenters. The Labute approximate surface area is 656 Å². The molecule has 0 radical (unpaired) electrons. The standard InChI is InChI=1S/C88H102B2I2N8O6/c1-4-6-8-10-12-14-16-18-20-22-24-26-28-30-32-34-40-58-101-69-52-46-65(47-53-69)85-82-83(88(100(85)90-105-80-44-38-39-45-81(80)106-90)84(94-3)77-64-96-73-57-51-68(92)61-75(73)98-77)86(66-48-54-70(55-49-66)102-59-41-35-33-31-29-27-25-23-21-19-17-15-13-11-9-7-5-2)99(89-103-78-42-36-37-43-79(78)104-89)87(82)71(62-93)76-63-95-72-56-50-67(91)60-74(72)97-76/h36-39,42-57,60-61,63-64H,4-35,40-41,58-59H2,1-2H3/b87-71-,88-84+. The summed E-state index contributed by atoms with van der Waals surface area (Å²) in [5.41, 5.74) is 6.05. The number of nitrogens with zero attached hydrogens (tertiary/aromatic N) is 8. The van der Waals surface area contributed by atoms with E-state index in [0.29, 0.717) is 125 Å². The highest BCUT2D eigenvalue weighted by atomic mass is 127. The fraction of sp³-hybridized carbons (Fsp3) is 0.432. The smallest absolute Gasteiger partial charge is 0.503 e. The molecule has 0 amide bonds. The maximum Gasteiger partial charge on any atom is 0.743 e. The number of para-hydroxylation sites is 4. The Balaban J connectivity index is 0.910. The zero-order chi connectivity index (χ0) is 73.1. The van der Waals surface area contributed by atoms with Crippen LogP contribution < -0.4 is 38.8 Å². The van der Waals surface area contributed by atoms with Gasteiger partial charge in [0.15, 0.2) is 0 Å². The second-order valence-corrected chi connectivity index (χ2v) is 31.1. The quantitative estimate of drug-likeness (QED) is 0.0156. The Hall–Kier alpha value is -8.07. The van der Waals surface area contributed by atoms with Gasteiger partial charge in [0.25, 0.3) is 0 Å². The van der Waals surface area contributed by atoms with Crippen molar-refractivity contribution in [2.24, 2.45) is 0 Å². The van der Waals surface area contributed by atoms with Crippen LogP contribution in [0, 0.1) is 25.0 Å². The summed E-state index contributed by atoms with van der Waals surface area (Å²) in [5, 5.41) is 14.1. The summed E-state index contributed by atoms with van der Waals surface area (Å²) in [6.45, 7) is 15.2. The molecular weight excluding hydrogens is 1540 g/mol. The molecule has 0 bridgehead atoms. The second kappa shape index (κ2) is 40.8. The molecule has 106 heavy (non-hydrogen) atoms. The zero-order valence-electron chi connectivity index (χ0n) is 62.3. The van der Waals surface area contributed by atoms with E-state index in [9.17, 15) is 11.8 Å². The Kier molecular flexibility index (Phi) is 29.8. The predicted molar refractivity (Wildman–Crippen MR) is 449 cm³/mol. The Morgan fingerprint density at radius 2 is 0.755 bits per heavy atom. The van der Waals surface area contributed by atoms with Crippen LogP contribution >= 0.6 is 45.2 Å². The first-order valence-corrected chi connectivity index (χ1v) is 42.0. The van der Waals surface area contributed by atoms with E-state index in [0.717, 1.165) is 32.8 Å². The van der Waals surface area contributed by atoms with E-state index in [1.165, 1.54) is 193 Å². The third kappa shape index (κ3) is 20.4. The van der Waals surface area contributed by atoms with Gasteiger partial charge in [-0.1, -0.05) is 244 Å². The average molecular weight is 1640 g/mol. The third-order valence-electron chi connectivity index (χ3n) is 20.7. The van der Waals surface area contributed by atoms with E-state index in [2.05, 4.69) is 69.9 Å². The molecule has 2 aliphatic heterocycles. The van der Waals surface area contributed by atoms with Gasteiger partial charge in [0.05, 0.1) is 75.8 Å². The number of halogens is 2. The summed E-state index contributed by atoms with van der Waals surface area (Å²) in [7, 11) is -2.41. The van der Waals surface area contributed by atoms with Crippen molar-refractivity contribution in [3.8, 4) is 63.1 Å². The van der Waals surface area contributed by atoms with Gasteiger partial charge < -0.3 is 37.0 Å². The van der Waals surface area contributed by atoms with Crippen LogP contribution in [-0.4, -0.2) is 56.6 Å². The van der Waals surface area contributed by atoms with Crippen molar-refractivity contribution in [1.82, 2.24) is 28.9 Å². The SMILES string of the molecule is [C-]#[N+]/C(c1cnc2ccc(I)cc2n1)=c1\c2c(-c3ccc(OCCCCCCCCCCCCCCCCCCC)cc3)n(B3Oc4ccccc4O3)/c(=C(/C#N)c3cnc4ccc(I)cc4n3)c2c(-c2ccc(OCCCCCCCCCCCCCCCCCCC)cc2)n1B1Oc2ccccc2O1. The molecular formula is C88H102B2I2N8O6. The molecule has 0 spiro atoms. The van der Waals surface area contributed by atoms with E-state index in [4.69, 9.17) is 48.0 Å². The number of hydrogen-bond donors (Lipinski definition) is 0. The van der Waals surface area contributed by atoms with Crippen LogP contribution in [-0.2, 0) is 0 Å². The third-order valence-corrected chi connectivity index (χ3v) is 22.0. The lowest BCUT2D eigenvalue weighted by Gasteiger charge is -2.17.